The first-order valence-corrected chi connectivity index (χ1v) is 7.02. The van der Waals surface area contributed by atoms with Crippen molar-refractivity contribution < 1.29 is 13.2 Å². The number of sulfonamides is 1. The molecule has 0 saturated carbocycles. The van der Waals surface area contributed by atoms with Gasteiger partial charge in [0, 0.05) is 25.4 Å². The SMILES string of the molecule is CCOC(C)CNS(=O)(=O)c1ccnc(NN)c1. The van der Waals surface area contributed by atoms with Crippen LogP contribution in [0.25, 0.3) is 0 Å². The van der Waals surface area contributed by atoms with Gasteiger partial charge in [0.1, 0.15) is 5.82 Å². The summed E-state index contributed by atoms with van der Waals surface area (Å²) in [5.41, 5.74) is 2.30. The van der Waals surface area contributed by atoms with Gasteiger partial charge in [0.05, 0.1) is 11.0 Å². The molecule has 1 aromatic rings. The summed E-state index contributed by atoms with van der Waals surface area (Å²) in [6.45, 7) is 4.40. The molecule has 0 spiro atoms. The maximum absolute atomic E-state index is 11.9. The molecule has 102 valence electrons. The van der Waals surface area contributed by atoms with Gasteiger partial charge in [-0.1, -0.05) is 0 Å². The number of aromatic nitrogens is 1. The zero-order valence-corrected chi connectivity index (χ0v) is 11.2. The second kappa shape index (κ2) is 6.64. The molecule has 1 aromatic heterocycles. The summed E-state index contributed by atoms with van der Waals surface area (Å²) in [5, 5.41) is 0. The van der Waals surface area contributed by atoms with E-state index in [2.05, 4.69) is 15.1 Å². The number of ether oxygens (including phenoxy) is 1. The summed E-state index contributed by atoms with van der Waals surface area (Å²) in [5.74, 6) is 5.46. The summed E-state index contributed by atoms with van der Waals surface area (Å²) in [4.78, 5) is 3.95. The fourth-order valence-corrected chi connectivity index (χ4v) is 2.44. The first-order chi connectivity index (χ1) is 8.49. The second-order valence-electron chi connectivity index (χ2n) is 3.64. The van der Waals surface area contributed by atoms with Crippen molar-refractivity contribution in [3.05, 3.63) is 18.3 Å². The number of rotatable bonds is 7. The molecule has 0 aliphatic heterocycles. The Labute approximate surface area is 107 Å². The lowest BCUT2D eigenvalue weighted by Crippen LogP contribution is -2.32. The van der Waals surface area contributed by atoms with Crippen molar-refractivity contribution in [2.24, 2.45) is 5.84 Å². The lowest BCUT2D eigenvalue weighted by Gasteiger charge is -2.13. The van der Waals surface area contributed by atoms with Gasteiger partial charge in [-0.25, -0.2) is 24.0 Å². The Morgan fingerprint density at radius 1 is 1.56 bits per heavy atom. The maximum atomic E-state index is 11.9. The molecule has 4 N–H and O–H groups in total. The number of nitrogens with zero attached hydrogens (tertiary/aromatic N) is 1. The highest BCUT2D eigenvalue weighted by Gasteiger charge is 2.15. The van der Waals surface area contributed by atoms with Crippen molar-refractivity contribution in [2.75, 3.05) is 18.6 Å². The van der Waals surface area contributed by atoms with E-state index >= 15 is 0 Å². The standard InChI is InChI=1S/C10H18N4O3S/c1-3-17-8(2)7-13-18(15,16)9-4-5-12-10(6-9)14-11/h4-6,8,13H,3,7,11H2,1-2H3,(H,12,14). The smallest absolute Gasteiger partial charge is 0.240 e. The fraction of sp³-hybridized carbons (Fsp3) is 0.500. The fourth-order valence-electron chi connectivity index (χ4n) is 1.31. The molecule has 0 aromatic carbocycles. The van der Waals surface area contributed by atoms with Gasteiger partial charge < -0.3 is 10.2 Å². The van der Waals surface area contributed by atoms with Crippen molar-refractivity contribution in [1.29, 1.82) is 0 Å². The van der Waals surface area contributed by atoms with Gasteiger partial charge in [-0.3, -0.25) is 0 Å². The van der Waals surface area contributed by atoms with E-state index in [-0.39, 0.29) is 23.4 Å². The Balaban J connectivity index is 2.73. The summed E-state index contributed by atoms with van der Waals surface area (Å²) in [7, 11) is -3.57. The Morgan fingerprint density at radius 3 is 2.89 bits per heavy atom. The predicted molar refractivity (Wildman–Crippen MR) is 68.3 cm³/mol. The van der Waals surface area contributed by atoms with Crippen LogP contribution in [0.3, 0.4) is 0 Å². The Kier molecular flexibility index (Phi) is 5.48. The summed E-state index contributed by atoms with van der Waals surface area (Å²) >= 11 is 0. The van der Waals surface area contributed by atoms with Gasteiger partial charge in [-0.05, 0) is 19.9 Å². The number of pyridine rings is 1. The van der Waals surface area contributed by atoms with Crippen LogP contribution < -0.4 is 16.0 Å². The van der Waals surface area contributed by atoms with Gasteiger partial charge in [0.25, 0.3) is 0 Å². The van der Waals surface area contributed by atoms with Gasteiger partial charge in [-0.2, -0.15) is 0 Å². The van der Waals surface area contributed by atoms with Gasteiger partial charge >= 0.3 is 0 Å². The number of hydrazine groups is 1. The molecular weight excluding hydrogens is 256 g/mol. The third-order valence-corrected chi connectivity index (χ3v) is 3.62. The Hall–Kier alpha value is -1.22. The highest BCUT2D eigenvalue weighted by molar-refractivity contribution is 7.89. The van der Waals surface area contributed by atoms with Crippen molar-refractivity contribution in [3.63, 3.8) is 0 Å². The van der Waals surface area contributed by atoms with Crippen LogP contribution in [-0.2, 0) is 14.8 Å². The lowest BCUT2D eigenvalue weighted by atomic mass is 10.4. The molecule has 1 unspecified atom stereocenters. The lowest BCUT2D eigenvalue weighted by molar-refractivity contribution is 0.0799. The van der Waals surface area contributed by atoms with Crippen LogP contribution in [0, 0.1) is 0 Å². The number of nitrogens with two attached hydrogens (primary N) is 1. The van der Waals surface area contributed by atoms with Crippen molar-refractivity contribution in [3.8, 4) is 0 Å². The quantitative estimate of drug-likeness (QED) is 0.480. The Bertz CT molecular complexity index is 478. The van der Waals surface area contributed by atoms with E-state index in [9.17, 15) is 8.42 Å². The van der Waals surface area contributed by atoms with E-state index in [1.807, 2.05) is 6.92 Å². The third-order valence-electron chi connectivity index (χ3n) is 2.20. The zero-order valence-electron chi connectivity index (χ0n) is 10.4. The normalized spacial score (nSPS) is 13.3. The van der Waals surface area contributed by atoms with Crippen LogP contribution in [0.15, 0.2) is 23.2 Å². The molecule has 1 atom stereocenters. The minimum atomic E-state index is -3.57. The molecule has 18 heavy (non-hydrogen) atoms. The molecular formula is C10H18N4O3S. The van der Waals surface area contributed by atoms with Crippen molar-refractivity contribution in [1.82, 2.24) is 9.71 Å². The van der Waals surface area contributed by atoms with E-state index in [1.54, 1.807) is 6.92 Å². The molecule has 8 heteroatoms. The number of nitrogens with one attached hydrogen (secondary N) is 2. The number of hydrogen-bond donors (Lipinski definition) is 3. The van der Waals surface area contributed by atoms with Crippen LogP contribution in [0.5, 0.6) is 0 Å². The van der Waals surface area contributed by atoms with Crippen LogP contribution in [0.2, 0.25) is 0 Å². The van der Waals surface area contributed by atoms with Crippen LogP contribution in [0.1, 0.15) is 13.8 Å². The summed E-state index contributed by atoms with van der Waals surface area (Å²) in [6, 6.07) is 2.75. The predicted octanol–water partition coefficient (Wildman–Crippen LogP) is 0.0705. The first kappa shape index (κ1) is 14.8. The number of hydrogen-bond acceptors (Lipinski definition) is 6. The molecule has 7 nitrogen and oxygen atoms in total. The summed E-state index contributed by atoms with van der Waals surface area (Å²) in [6.07, 6.45) is 1.19. The zero-order chi connectivity index (χ0) is 13.6. The van der Waals surface area contributed by atoms with E-state index < -0.39 is 10.0 Å². The molecule has 0 aliphatic rings. The van der Waals surface area contributed by atoms with E-state index in [4.69, 9.17) is 10.6 Å². The minimum absolute atomic E-state index is 0.106. The first-order valence-electron chi connectivity index (χ1n) is 5.53. The van der Waals surface area contributed by atoms with Gasteiger partial charge in [0.15, 0.2) is 0 Å². The van der Waals surface area contributed by atoms with Gasteiger partial charge in [0.2, 0.25) is 10.0 Å². The van der Waals surface area contributed by atoms with E-state index in [0.29, 0.717) is 6.61 Å². The van der Waals surface area contributed by atoms with Crippen molar-refractivity contribution in [2.45, 2.75) is 24.8 Å². The molecule has 0 saturated heterocycles. The molecule has 0 fully saturated rings. The molecule has 0 amide bonds. The monoisotopic (exact) mass is 274 g/mol. The highest BCUT2D eigenvalue weighted by Crippen LogP contribution is 2.11. The van der Waals surface area contributed by atoms with E-state index in [1.165, 1.54) is 18.3 Å². The number of nitrogen functional groups attached to an aromatic ring is 1. The third kappa shape index (κ3) is 4.22. The maximum Gasteiger partial charge on any atom is 0.240 e. The van der Waals surface area contributed by atoms with Crippen LogP contribution in [-0.4, -0.2) is 32.7 Å². The average Bonchev–Trinajstić information content (AvgIpc) is 2.37. The molecule has 0 radical (unpaired) electrons. The van der Waals surface area contributed by atoms with Crippen LogP contribution in [0.4, 0.5) is 5.82 Å². The average molecular weight is 274 g/mol. The van der Waals surface area contributed by atoms with Crippen LogP contribution >= 0.6 is 0 Å². The largest absolute Gasteiger partial charge is 0.377 e. The van der Waals surface area contributed by atoms with E-state index in [0.717, 1.165) is 0 Å². The highest BCUT2D eigenvalue weighted by atomic mass is 32.2. The Morgan fingerprint density at radius 2 is 2.28 bits per heavy atom. The summed E-state index contributed by atoms with van der Waals surface area (Å²) < 4.78 is 31.6. The minimum Gasteiger partial charge on any atom is -0.377 e. The molecule has 1 rings (SSSR count). The molecule has 0 aliphatic carbocycles. The number of anilines is 1. The second-order valence-corrected chi connectivity index (χ2v) is 5.41. The van der Waals surface area contributed by atoms with Gasteiger partial charge in [-0.15, -0.1) is 0 Å². The molecule has 0 bridgehead atoms. The van der Waals surface area contributed by atoms with Crippen molar-refractivity contribution >= 4 is 15.8 Å². The topological polar surface area (TPSA) is 106 Å². The molecule has 1 heterocycles.